The fourth-order valence-electron chi connectivity index (χ4n) is 2.87. The molecule has 3 rings (SSSR count). The number of hydrogen-bond donors (Lipinski definition) is 1. The molecule has 0 bridgehead atoms. The van der Waals surface area contributed by atoms with E-state index >= 15 is 0 Å². The first-order valence-electron chi connectivity index (χ1n) is 10.1. The molecule has 0 aliphatic carbocycles. The van der Waals surface area contributed by atoms with Crippen LogP contribution in [0.5, 0.6) is 23.0 Å². The number of rotatable bonds is 11. The van der Waals surface area contributed by atoms with E-state index in [1.807, 2.05) is 30.3 Å². The summed E-state index contributed by atoms with van der Waals surface area (Å²) in [5.41, 5.74) is 0.587. The Morgan fingerprint density at radius 3 is 2.42 bits per heavy atom. The predicted molar refractivity (Wildman–Crippen MR) is 121 cm³/mol. The fraction of sp³-hybridized carbons (Fsp3) is 0.200. The maximum atomic E-state index is 12.3. The van der Waals surface area contributed by atoms with Crippen LogP contribution in [0.4, 0.5) is 0 Å². The third kappa shape index (κ3) is 6.80. The number of amides is 1. The Labute approximate surface area is 191 Å². The van der Waals surface area contributed by atoms with Crippen LogP contribution in [0.25, 0.3) is 6.08 Å². The number of benzene rings is 2. The van der Waals surface area contributed by atoms with Crippen LogP contribution in [-0.2, 0) is 11.3 Å². The van der Waals surface area contributed by atoms with Crippen molar-refractivity contribution in [3.63, 3.8) is 0 Å². The fourth-order valence-corrected chi connectivity index (χ4v) is 2.87. The standard InChI is InChI=1S/C25H24N2O6/c1-29-20-6-8-21(9-7-20)32-12-13-33-23-10-5-18(15-24(23)30-2)14-19(16-26)25(28)27-17-22-4-3-11-31-22/h3-11,14-15H,12-13,17H2,1-2H3,(H,27,28). The van der Waals surface area contributed by atoms with Crippen LogP contribution in [0.3, 0.4) is 0 Å². The molecule has 0 fully saturated rings. The van der Waals surface area contributed by atoms with Crippen molar-refractivity contribution in [3.05, 3.63) is 77.8 Å². The van der Waals surface area contributed by atoms with Crippen molar-refractivity contribution in [2.75, 3.05) is 27.4 Å². The minimum Gasteiger partial charge on any atom is -0.497 e. The van der Waals surface area contributed by atoms with Crippen molar-refractivity contribution in [2.45, 2.75) is 6.54 Å². The van der Waals surface area contributed by atoms with Gasteiger partial charge in [-0.1, -0.05) is 6.07 Å². The summed E-state index contributed by atoms with van der Waals surface area (Å²) < 4.78 is 27.1. The van der Waals surface area contributed by atoms with Gasteiger partial charge in [0.15, 0.2) is 11.5 Å². The second-order valence-electron chi connectivity index (χ2n) is 6.71. The van der Waals surface area contributed by atoms with E-state index in [0.717, 1.165) is 5.75 Å². The zero-order valence-corrected chi connectivity index (χ0v) is 18.4. The average molecular weight is 448 g/mol. The van der Waals surface area contributed by atoms with Gasteiger partial charge in [0, 0.05) is 0 Å². The van der Waals surface area contributed by atoms with Crippen LogP contribution >= 0.6 is 0 Å². The summed E-state index contributed by atoms with van der Waals surface area (Å²) in [7, 11) is 3.13. The van der Waals surface area contributed by atoms with Crippen LogP contribution in [0.2, 0.25) is 0 Å². The van der Waals surface area contributed by atoms with Crippen LogP contribution in [0.1, 0.15) is 11.3 Å². The minimum atomic E-state index is -0.496. The lowest BCUT2D eigenvalue weighted by Crippen LogP contribution is -2.23. The molecule has 170 valence electrons. The number of carbonyl (C=O) groups is 1. The maximum Gasteiger partial charge on any atom is 0.262 e. The minimum absolute atomic E-state index is 0.0369. The molecule has 0 spiro atoms. The zero-order chi connectivity index (χ0) is 23.5. The summed E-state index contributed by atoms with van der Waals surface area (Å²) >= 11 is 0. The van der Waals surface area contributed by atoms with Crippen molar-refractivity contribution in [3.8, 4) is 29.1 Å². The predicted octanol–water partition coefficient (Wildman–Crippen LogP) is 3.98. The lowest BCUT2D eigenvalue weighted by Gasteiger charge is -2.12. The van der Waals surface area contributed by atoms with Gasteiger partial charge in [0.05, 0.1) is 27.0 Å². The Morgan fingerprint density at radius 1 is 1.00 bits per heavy atom. The molecule has 1 amide bonds. The lowest BCUT2D eigenvalue weighted by molar-refractivity contribution is -0.117. The van der Waals surface area contributed by atoms with Crippen LogP contribution < -0.4 is 24.3 Å². The summed E-state index contributed by atoms with van der Waals surface area (Å²) in [6.45, 7) is 0.835. The van der Waals surface area contributed by atoms with Crippen LogP contribution in [0, 0.1) is 11.3 Å². The van der Waals surface area contributed by atoms with E-state index in [2.05, 4.69) is 5.32 Å². The van der Waals surface area contributed by atoms with Crippen molar-refractivity contribution in [1.29, 1.82) is 5.26 Å². The highest BCUT2D eigenvalue weighted by molar-refractivity contribution is 6.01. The van der Waals surface area contributed by atoms with Crippen LogP contribution in [0.15, 0.2) is 70.9 Å². The molecule has 1 heterocycles. The Hall–Kier alpha value is -4.38. The molecule has 33 heavy (non-hydrogen) atoms. The quantitative estimate of drug-likeness (QED) is 0.269. The number of methoxy groups -OCH3 is 2. The van der Waals surface area contributed by atoms with E-state index in [1.165, 1.54) is 19.4 Å². The van der Waals surface area contributed by atoms with Crippen molar-refractivity contribution >= 4 is 12.0 Å². The lowest BCUT2D eigenvalue weighted by atomic mass is 10.1. The van der Waals surface area contributed by atoms with Gasteiger partial charge in [0.1, 0.15) is 42.1 Å². The van der Waals surface area contributed by atoms with Gasteiger partial charge in [0.25, 0.3) is 5.91 Å². The molecule has 3 aromatic rings. The van der Waals surface area contributed by atoms with Gasteiger partial charge in [-0.3, -0.25) is 4.79 Å². The molecule has 0 saturated carbocycles. The molecule has 1 N–H and O–H groups in total. The highest BCUT2D eigenvalue weighted by atomic mass is 16.5. The number of nitriles is 1. The highest BCUT2D eigenvalue weighted by Crippen LogP contribution is 2.29. The molecule has 8 heteroatoms. The molecule has 0 aliphatic rings. The van der Waals surface area contributed by atoms with Gasteiger partial charge in [-0.05, 0) is 60.2 Å². The van der Waals surface area contributed by atoms with E-state index in [0.29, 0.717) is 41.8 Å². The van der Waals surface area contributed by atoms with Gasteiger partial charge in [-0.2, -0.15) is 5.26 Å². The number of carbonyl (C=O) groups excluding carboxylic acids is 1. The summed E-state index contributed by atoms with van der Waals surface area (Å²) in [6, 6.07) is 17.8. The number of nitrogens with one attached hydrogen (secondary N) is 1. The molecule has 1 aromatic heterocycles. The van der Waals surface area contributed by atoms with Gasteiger partial charge in [0.2, 0.25) is 0 Å². The number of furan rings is 1. The average Bonchev–Trinajstić information content (AvgIpc) is 3.38. The Bertz CT molecular complexity index is 1110. The summed E-state index contributed by atoms with van der Waals surface area (Å²) in [5, 5.41) is 12.0. The van der Waals surface area contributed by atoms with E-state index in [1.54, 1.807) is 37.4 Å². The van der Waals surface area contributed by atoms with E-state index in [4.69, 9.17) is 23.4 Å². The van der Waals surface area contributed by atoms with Gasteiger partial charge >= 0.3 is 0 Å². The van der Waals surface area contributed by atoms with Gasteiger partial charge in [-0.25, -0.2) is 0 Å². The summed E-state index contributed by atoms with van der Waals surface area (Å²) in [6.07, 6.45) is 3.00. The molecular weight excluding hydrogens is 424 g/mol. The molecular formula is C25H24N2O6. The Morgan fingerprint density at radius 2 is 1.76 bits per heavy atom. The number of hydrogen-bond acceptors (Lipinski definition) is 7. The second kappa shape index (κ2) is 11.9. The maximum absolute atomic E-state index is 12.3. The van der Waals surface area contributed by atoms with Crippen molar-refractivity contribution in [1.82, 2.24) is 5.32 Å². The van der Waals surface area contributed by atoms with Gasteiger partial charge < -0.3 is 28.7 Å². The third-order valence-electron chi connectivity index (χ3n) is 4.54. The third-order valence-corrected chi connectivity index (χ3v) is 4.54. The second-order valence-corrected chi connectivity index (χ2v) is 6.71. The van der Waals surface area contributed by atoms with Crippen molar-refractivity contribution in [2.24, 2.45) is 0 Å². The summed E-state index contributed by atoms with van der Waals surface area (Å²) in [4.78, 5) is 12.3. The first-order valence-corrected chi connectivity index (χ1v) is 10.1. The summed E-state index contributed by atoms with van der Waals surface area (Å²) in [5.74, 6) is 2.56. The Balaban J connectivity index is 1.57. The van der Waals surface area contributed by atoms with Gasteiger partial charge in [-0.15, -0.1) is 0 Å². The molecule has 8 nitrogen and oxygen atoms in total. The number of nitrogens with zero attached hydrogens (tertiary/aromatic N) is 1. The molecule has 0 saturated heterocycles. The van der Waals surface area contributed by atoms with Crippen molar-refractivity contribution < 1.29 is 28.2 Å². The molecule has 0 aliphatic heterocycles. The largest absolute Gasteiger partial charge is 0.497 e. The first-order chi connectivity index (χ1) is 16.1. The molecule has 0 atom stereocenters. The SMILES string of the molecule is COc1ccc(OCCOc2ccc(C=C(C#N)C(=O)NCc3ccco3)cc2OC)cc1. The number of ether oxygens (including phenoxy) is 4. The molecule has 0 radical (unpaired) electrons. The van der Waals surface area contributed by atoms with E-state index < -0.39 is 5.91 Å². The Kier molecular flexibility index (Phi) is 8.37. The molecule has 2 aromatic carbocycles. The van der Waals surface area contributed by atoms with Crippen LogP contribution in [-0.4, -0.2) is 33.3 Å². The monoisotopic (exact) mass is 448 g/mol. The smallest absolute Gasteiger partial charge is 0.262 e. The highest BCUT2D eigenvalue weighted by Gasteiger charge is 2.11. The molecule has 0 unspecified atom stereocenters. The first kappa shape index (κ1) is 23.3. The van der Waals surface area contributed by atoms with E-state index in [9.17, 15) is 10.1 Å². The topological polar surface area (TPSA) is 103 Å². The zero-order valence-electron chi connectivity index (χ0n) is 18.4. The van der Waals surface area contributed by atoms with E-state index in [-0.39, 0.29) is 12.1 Å². The normalized spacial score (nSPS) is 10.8.